The maximum Gasteiger partial charge on any atom is 0.416 e. The molecule has 8 heteroatoms. The Hall–Kier alpha value is -3.68. The molecule has 2 aromatic carbocycles. The standard InChI is InChI=1S/C22H15F4N3O/c23-17-9-7-14(8-10-17)12-19(30)28-21-20(29-11-2-1-6-18(29)27-21)15-4-3-5-16(13-15)22(24,25)26/h1-11,13H,12H2,(H,28,30). The molecule has 2 heterocycles. The maximum absolute atomic E-state index is 13.2. The molecule has 0 saturated carbocycles. The van der Waals surface area contributed by atoms with Gasteiger partial charge in [0, 0.05) is 11.8 Å². The number of amides is 1. The first kappa shape index (κ1) is 19.6. The third-order valence-electron chi connectivity index (χ3n) is 4.53. The van der Waals surface area contributed by atoms with Crippen LogP contribution in [0.25, 0.3) is 16.9 Å². The van der Waals surface area contributed by atoms with Crippen LogP contribution < -0.4 is 5.32 Å². The number of alkyl halides is 3. The van der Waals surface area contributed by atoms with E-state index in [1.165, 1.54) is 36.4 Å². The first-order chi connectivity index (χ1) is 14.3. The van der Waals surface area contributed by atoms with Crippen LogP contribution >= 0.6 is 0 Å². The predicted octanol–water partition coefficient (Wildman–Crippen LogP) is 5.34. The smallest absolute Gasteiger partial charge is 0.309 e. The van der Waals surface area contributed by atoms with Crippen LogP contribution in [-0.2, 0) is 17.4 Å². The monoisotopic (exact) mass is 413 g/mol. The molecular weight excluding hydrogens is 398 g/mol. The second-order valence-electron chi connectivity index (χ2n) is 6.67. The second kappa shape index (κ2) is 7.62. The molecule has 4 nitrogen and oxygen atoms in total. The molecule has 4 rings (SSSR count). The van der Waals surface area contributed by atoms with E-state index in [2.05, 4.69) is 10.3 Å². The fourth-order valence-electron chi connectivity index (χ4n) is 3.17. The quantitative estimate of drug-likeness (QED) is 0.459. The summed E-state index contributed by atoms with van der Waals surface area (Å²) in [6.45, 7) is 0. The Morgan fingerprint density at radius 1 is 1.00 bits per heavy atom. The number of anilines is 1. The minimum Gasteiger partial charge on any atom is -0.309 e. The highest BCUT2D eigenvalue weighted by molar-refractivity contribution is 5.95. The number of carbonyl (C=O) groups is 1. The average molecular weight is 413 g/mol. The van der Waals surface area contributed by atoms with Crippen molar-refractivity contribution in [3.05, 3.63) is 89.9 Å². The molecule has 4 aromatic rings. The highest BCUT2D eigenvalue weighted by Crippen LogP contribution is 2.35. The van der Waals surface area contributed by atoms with Crippen molar-refractivity contribution in [2.75, 3.05) is 5.32 Å². The molecule has 2 aromatic heterocycles. The maximum atomic E-state index is 13.2. The molecule has 30 heavy (non-hydrogen) atoms. The molecular formula is C22H15F4N3O. The number of benzene rings is 2. The third-order valence-corrected chi connectivity index (χ3v) is 4.53. The molecule has 1 amide bonds. The lowest BCUT2D eigenvalue weighted by Gasteiger charge is -2.11. The van der Waals surface area contributed by atoms with Crippen molar-refractivity contribution < 1.29 is 22.4 Å². The molecule has 0 unspecified atom stereocenters. The van der Waals surface area contributed by atoms with Crippen LogP contribution in [0.1, 0.15) is 11.1 Å². The molecule has 0 aliphatic heterocycles. The minimum absolute atomic E-state index is 0.0316. The lowest BCUT2D eigenvalue weighted by Crippen LogP contribution is -2.15. The van der Waals surface area contributed by atoms with Crippen molar-refractivity contribution in [2.45, 2.75) is 12.6 Å². The Bertz CT molecular complexity index is 1210. The molecule has 0 radical (unpaired) electrons. The summed E-state index contributed by atoms with van der Waals surface area (Å²) in [6, 6.07) is 15.5. The number of pyridine rings is 1. The summed E-state index contributed by atoms with van der Waals surface area (Å²) in [5.41, 5.74) is 0.875. The number of nitrogens with zero attached hydrogens (tertiary/aromatic N) is 2. The number of hydrogen-bond donors (Lipinski definition) is 1. The summed E-state index contributed by atoms with van der Waals surface area (Å²) in [4.78, 5) is 16.9. The molecule has 0 aliphatic carbocycles. The molecule has 0 aliphatic rings. The summed E-state index contributed by atoms with van der Waals surface area (Å²) in [7, 11) is 0. The fraction of sp³-hybridized carbons (Fsp3) is 0.0909. The average Bonchev–Trinajstić information content (AvgIpc) is 3.07. The zero-order chi connectivity index (χ0) is 21.3. The number of imidazole rings is 1. The number of halogens is 4. The minimum atomic E-state index is -4.50. The number of aromatic nitrogens is 2. The van der Waals surface area contributed by atoms with Crippen LogP contribution in [0.5, 0.6) is 0 Å². The zero-order valence-corrected chi connectivity index (χ0v) is 15.4. The third kappa shape index (κ3) is 4.03. The second-order valence-corrected chi connectivity index (χ2v) is 6.67. The van der Waals surface area contributed by atoms with Crippen LogP contribution in [-0.4, -0.2) is 15.3 Å². The molecule has 0 atom stereocenters. The summed E-state index contributed by atoms with van der Waals surface area (Å²) < 4.78 is 54.2. The van der Waals surface area contributed by atoms with E-state index in [-0.39, 0.29) is 17.8 Å². The van der Waals surface area contributed by atoms with Gasteiger partial charge in [-0.25, -0.2) is 9.37 Å². The number of rotatable bonds is 4. The summed E-state index contributed by atoms with van der Waals surface area (Å²) >= 11 is 0. The van der Waals surface area contributed by atoms with Crippen molar-refractivity contribution in [3.63, 3.8) is 0 Å². The van der Waals surface area contributed by atoms with Gasteiger partial charge in [-0.3, -0.25) is 9.20 Å². The van der Waals surface area contributed by atoms with E-state index in [9.17, 15) is 22.4 Å². The van der Waals surface area contributed by atoms with E-state index < -0.39 is 23.5 Å². The van der Waals surface area contributed by atoms with E-state index in [1.807, 2.05) is 0 Å². The van der Waals surface area contributed by atoms with E-state index in [1.54, 1.807) is 28.8 Å². The van der Waals surface area contributed by atoms with Gasteiger partial charge in [0.25, 0.3) is 0 Å². The van der Waals surface area contributed by atoms with Gasteiger partial charge < -0.3 is 5.32 Å². The first-order valence-corrected chi connectivity index (χ1v) is 9.00. The summed E-state index contributed by atoms with van der Waals surface area (Å²) in [5, 5.41) is 2.67. The Kier molecular flexibility index (Phi) is 4.99. The van der Waals surface area contributed by atoms with Crippen molar-refractivity contribution in [1.29, 1.82) is 0 Å². The predicted molar refractivity (Wildman–Crippen MR) is 104 cm³/mol. The van der Waals surface area contributed by atoms with Gasteiger partial charge in [-0.15, -0.1) is 0 Å². The molecule has 0 spiro atoms. The number of carbonyl (C=O) groups excluding carboxylic acids is 1. The van der Waals surface area contributed by atoms with Gasteiger partial charge in [0.05, 0.1) is 17.7 Å². The van der Waals surface area contributed by atoms with Crippen molar-refractivity contribution in [3.8, 4) is 11.3 Å². The van der Waals surface area contributed by atoms with Crippen molar-refractivity contribution >= 4 is 17.4 Å². The molecule has 0 bridgehead atoms. The van der Waals surface area contributed by atoms with Gasteiger partial charge in [-0.2, -0.15) is 13.2 Å². The van der Waals surface area contributed by atoms with Gasteiger partial charge in [-0.05, 0) is 42.0 Å². The van der Waals surface area contributed by atoms with Gasteiger partial charge in [0.1, 0.15) is 11.5 Å². The van der Waals surface area contributed by atoms with E-state index in [0.29, 0.717) is 16.9 Å². The Morgan fingerprint density at radius 3 is 2.50 bits per heavy atom. The van der Waals surface area contributed by atoms with Crippen molar-refractivity contribution in [2.24, 2.45) is 0 Å². The fourth-order valence-corrected chi connectivity index (χ4v) is 3.17. The highest BCUT2D eigenvalue weighted by atomic mass is 19.4. The van der Waals surface area contributed by atoms with Crippen LogP contribution in [0.2, 0.25) is 0 Å². The molecule has 152 valence electrons. The van der Waals surface area contributed by atoms with Crippen molar-refractivity contribution in [1.82, 2.24) is 9.38 Å². The SMILES string of the molecule is O=C(Cc1ccc(F)cc1)Nc1nc2ccccn2c1-c1cccc(C(F)(F)F)c1. The van der Waals surface area contributed by atoms with E-state index >= 15 is 0 Å². The van der Waals surface area contributed by atoms with Crippen LogP contribution in [0.3, 0.4) is 0 Å². The Morgan fingerprint density at radius 2 is 1.77 bits per heavy atom. The molecule has 0 saturated heterocycles. The Balaban J connectivity index is 1.72. The zero-order valence-electron chi connectivity index (χ0n) is 15.4. The topological polar surface area (TPSA) is 46.4 Å². The van der Waals surface area contributed by atoms with Gasteiger partial charge in [-0.1, -0.05) is 30.3 Å². The van der Waals surface area contributed by atoms with Crippen LogP contribution in [0, 0.1) is 5.82 Å². The van der Waals surface area contributed by atoms with Gasteiger partial charge in [0.15, 0.2) is 5.82 Å². The van der Waals surface area contributed by atoms with E-state index in [0.717, 1.165) is 12.1 Å². The summed E-state index contributed by atoms with van der Waals surface area (Å²) in [6.07, 6.45) is -2.87. The largest absolute Gasteiger partial charge is 0.416 e. The van der Waals surface area contributed by atoms with Crippen LogP contribution in [0.15, 0.2) is 72.9 Å². The lowest BCUT2D eigenvalue weighted by atomic mass is 10.1. The Labute approximate surface area is 168 Å². The number of hydrogen-bond acceptors (Lipinski definition) is 2. The lowest BCUT2D eigenvalue weighted by molar-refractivity contribution is -0.137. The van der Waals surface area contributed by atoms with Gasteiger partial charge in [0.2, 0.25) is 5.91 Å². The van der Waals surface area contributed by atoms with Gasteiger partial charge >= 0.3 is 6.18 Å². The first-order valence-electron chi connectivity index (χ1n) is 9.00. The summed E-state index contributed by atoms with van der Waals surface area (Å²) in [5.74, 6) is -0.683. The number of nitrogens with one attached hydrogen (secondary N) is 1. The number of fused-ring (bicyclic) bond motifs is 1. The normalized spacial score (nSPS) is 11.6. The molecule has 1 N–H and O–H groups in total. The highest BCUT2D eigenvalue weighted by Gasteiger charge is 2.31. The molecule has 0 fully saturated rings. The van der Waals surface area contributed by atoms with E-state index in [4.69, 9.17) is 0 Å². The van der Waals surface area contributed by atoms with Crippen LogP contribution in [0.4, 0.5) is 23.4 Å².